The normalized spacial score (nSPS) is 22.3. The Bertz CT molecular complexity index is 1170. The van der Waals surface area contributed by atoms with Crippen LogP contribution in [0.3, 0.4) is 0 Å². The van der Waals surface area contributed by atoms with Gasteiger partial charge in [0.2, 0.25) is 17.7 Å². The SMILES string of the molecule is CC(C)C1CCN(C(=O)CCCCCCCN2CCN(C(C)C)CC2)CC1.CCC(C)C1CCN(C(=O)CCC(=O)N2CCC(CN3CCN(C(C)C)CC3)CC2)CC1. The summed E-state index contributed by atoms with van der Waals surface area (Å²) in [5.74, 6) is 4.56. The molecule has 1 atom stereocenters. The van der Waals surface area contributed by atoms with Crippen molar-refractivity contribution in [3.05, 3.63) is 0 Å². The molecule has 10 heteroatoms. The number of unbranched alkanes of at least 4 members (excludes halogenated alkanes) is 4. The monoisotopic (exact) mass is 828 g/mol. The van der Waals surface area contributed by atoms with Crippen LogP contribution in [-0.2, 0) is 14.4 Å². The molecule has 1 unspecified atom stereocenters. The minimum atomic E-state index is 0.177. The Labute approximate surface area is 363 Å². The molecule has 0 spiro atoms. The third-order valence-electron chi connectivity index (χ3n) is 15.4. The van der Waals surface area contributed by atoms with Crippen LogP contribution in [0.4, 0.5) is 0 Å². The molecule has 0 radical (unpaired) electrons. The van der Waals surface area contributed by atoms with Gasteiger partial charge in [-0.3, -0.25) is 24.2 Å². The van der Waals surface area contributed by atoms with Gasteiger partial charge in [0.25, 0.3) is 0 Å². The summed E-state index contributed by atoms with van der Waals surface area (Å²) in [6.45, 7) is 35.9. The molecule has 0 aliphatic carbocycles. The predicted octanol–water partition coefficient (Wildman–Crippen LogP) is 7.56. The van der Waals surface area contributed by atoms with E-state index in [0.717, 1.165) is 101 Å². The first-order chi connectivity index (χ1) is 28.3. The van der Waals surface area contributed by atoms with E-state index in [2.05, 4.69) is 79.9 Å². The highest BCUT2D eigenvalue weighted by atomic mass is 16.2. The predicted molar refractivity (Wildman–Crippen MR) is 245 cm³/mol. The zero-order valence-electron chi connectivity index (χ0n) is 39.8. The summed E-state index contributed by atoms with van der Waals surface area (Å²) in [5.41, 5.74) is 0. The molecule has 59 heavy (non-hydrogen) atoms. The second-order valence-electron chi connectivity index (χ2n) is 20.3. The molecule has 5 saturated heterocycles. The number of likely N-dealkylation sites (tertiary alicyclic amines) is 3. The fourth-order valence-electron chi connectivity index (χ4n) is 10.4. The summed E-state index contributed by atoms with van der Waals surface area (Å²) >= 11 is 0. The molecule has 5 rings (SSSR count). The first-order valence-corrected chi connectivity index (χ1v) is 25.1. The van der Waals surface area contributed by atoms with Crippen LogP contribution in [0.5, 0.6) is 0 Å². The second kappa shape index (κ2) is 26.7. The van der Waals surface area contributed by atoms with Crippen LogP contribution in [0.25, 0.3) is 0 Å². The summed E-state index contributed by atoms with van der Waals surface area (Å²) < 4.78 is 0. The molecule has 342 valence electrons. The molecule has 10 nitrogen and oxygen atoms in total. The molecule has 5 fully saturated rings. The summed E-state index contributed by atoms with van der Waals surface area (Å²) in [4.78, 5) is 54.2. The van der Waals surface area contributed by atoms with Crippen LogP contribution >= 0.6 is 0 Å². The van der Waals surface area contributed by atoms with Crippen molar-refractivity contribution in [1.29, 1.82) is 0 Å². The first kappa shape index (κ1) is 49.9. The quantitative estimate of drug-likeness (QED) is 0.132. The average Bonchev–Trinajstić information content (AvgIpc) is 3.25. The number of carbonyl (C=O) groups is 3. The Hall–Kier alpha value is -1.75. The highest BCUT2D eigenvalue weighted by Crippen LogP contribution is 2.28. The number of hydrogen-bond donors (Lipinski definition) is 0. The standard InChI is InChI=1S/C26H48N4O2.C23H45N3O/c1-5-22(4)24-10-14-30(15-11-24)26(32)7-6-25(31)29-12-8-23(9-13-29)20-27-16-18-28(19-17-27)21(2)3;1-20(2)22-11-14-26(15-12-22)23(27)10-8-6-5-7-9-13-24-16-18-25(19-17-24)21(3)4/h21-24H,5-20H2,1-4H3;20-22H,5-19H2,1-4H3. The molecule has 0 aromatic rings. The van der Waals surface area contributed by atoms with Gasteiger partial charge in [0, 0.05) is 130 Å². The van der Waals surface area contributed by atoms with Gasteiger partial charge in [-0.25, -0.2) is 0 Å². The summed E-state index contributed by atoms with van der Waals surface area (Å²) in [6, 6.07) is 1.34. The van der Waals surface area contributed by atoms with Crippen molar-refractivity contribution in [3.63, 3.8) is 0 Å². The molecule has 5 heterocycles. The van der Waals surface area contributed by atoms with Gasteiger partial charge in [0.15, 0.2) is 0 Å². The molecule has 0 saturated carbocycles. The first-order valence-electron chi connectivity index (χ1n) is 25.1. The van der Waals surface area contributed by atoms with E-state index in [1.165, 1.54) is 110 Å². The lowest BCUT2D eigenvalue weighted by Gasteiger charge is -2.40. The number of piperazine rings is 2. The van der Waals surface area contributed by atoms with Crippen molar-refractivity contribution in [3.8, 4) is 0 Å². The zero-order valence-corrected chi connectivity index (χ0v) is 39.8. The molecule has 3 amide bonds. The van der Waals surface area contributed by atoms with Gasteiger partial charge in [-0.15, -0.1) is 0 Å². The summed E-state index contributed by atoms with van der Waals surface area (Å²) in [7, 11) is 0. The molecule has 0 N–H and O–H groups in total. The molecule has 0 aromatic carbocycles. The minimum absolute atomic E-state index is 0.177. The van der Waals surface area contributed by atoms with E-state index in [0.29, 0.717) is 36.8 Å². The molecule has 0 aromatic heterocycles. The van der Waals surface area contributed by atoms with Crippen molar-refractivity contribution >= 4 is 17.7 Å². The highest BCUT2D eigenvalue weighted by Gasteiger charge is 2.29. The maximum Gasteiger partial charge on any atom is 0.223 e. The van der Waals surface area contributed by atoms with Crippen molar-refractivity contribution < 1.29 is 14.4 Å². The van der Waals surface area contributed by atoms with Crippen LogP contribution in [0.15, 0.2) is 0 Å². The Morgan fingerprint density at radius 3 is 1.32 bits per heavy atom. The number of hydrogen-bond acceptors (Lipinski definition) is 7. The van der Waals surface area contributed by atoms with Crippen molar-refractivity contribution in [2.45, 2.75) is 164 Å². The molecule has 5 aliphatic heterocycles. The minimum Gasteiger partial charge on any atom is -0.343 e. The van der Waals surface area contributed by atoms with Crippen LogP contribution in [-0.4, -0.2) is 169 Å². The Balaban J connectivity index is 0.000000265. The number of carbonyl (C=O) groups excluding carboxylic acids is 3. The molecular formula is C49H93N7O3. The van der Waals surface area contributed by atoms with Crippen LogP contribution in [0.1, 0.15) is 152 Å². The molecule has 0 bridgehead atoms. The van der Waals surface area contributed by atoms with Crippen molar-refractivity contribution in [1.82, 2.24) is 34.3 Å². The van der Waals surface area contributed by atoms with Crippen LogP contribution in [0.2, 0.25) is 0 Å². The van der Waals surface area contributed by atoms with Gasteiger partial charge < -0.3 is 24.5 Å². The number of piperidine rings is 3. The van der Waals surface area contributed by atoms with E-state index in [9.17, 15) is 14.4 Å². The maximum atomic E-state index is 12.7. The van der Waals surface area contributed by atoms with Gasteiger partial charge in [-0.1, -0.05) is 53.4 Å². The van der Waals surface area contributed by atoms with Gasteiger partial charge in [0.05, 0.1) is 0 Å². The van der Waals surface area contributed by atoms with Gasteiger partial charge in [0.1, 0.15) is 0 Å². The van der Waals surface area contributed by atoms with E-state index < -0.39 is 0 Å². The Morgan fingerprint density at radius 2 is 0.864 bits per heavy atom. The lowest BCUT2D eigenvalue weighted by Crippen LogP contribution is -2.50. The summed E-state index contributed by atoms with van der Waals surface area (Å²) in [6.07, 6.45) is 15.8. The van der Waals surface area contributed by atoms with E-state index >= 15 is 0 Å². The van der Waals surface area contributed by atoms with Gasteiger partial charge in [-0.05, 0) is 115 Å². The fourth-order valence-corrected chi connectivity index (χ4v) is 10.4. The molecular weight excluding hydrogens is 735 g/mol. The number of nitrogens with zero attached hydrogens (tertiary/aromatic N) is 7. The molecule has 5 aliphatic rings. The number of amides is 3. The third-order valence-corrected chi connectivity index (χ3v) is 15.4. The van der Waals surface area contributed by atoms with Crippen molar-refractivity contribution in [2.75, 3.05) is 105 Å². The van der Waals surface area contributed by atoms with E-state index in [1.807, 2.05) is 9.80 Å². The van der Waals surface area contributed by atoms with Gasteiger partial charge in [-0.2, -0.15) is 0 Å². The van der Waals surface area contributed by atoms with Gasteiger partial charge >= 0.3 is 0 Å². The smallest absolute Gasteiger partial charge is 0.223 e. The summed E-state index contributed by atoms with van der Waals surface area (Å²) in [5, 5.41) is 0. The number of rotatable bonds is 18. The Morgan fingerprint density at radius 1 is 0.458 bits per heavy atom. The van der Waals surface area contributed by atoms with Crippen LogP contribution < -0.4 is 0 Å². The van der Waals surface area contributed by atoms with E-state index in [4.69, 9.17) is 0 Å². The fraction of sp³-hybridized carbons (Fsp3) is 0.939. The zero-order chi connectivity index (χ0) is 42.7. The second-order valence-corrected chi connectivity index (χ2v) is 20.3. The Kier molecular flexibility index (Phi) is 22.6. The van der Waals surface area contributed by atoms with E-state index in [1.54, 1.807) is 0 Å². The lowest BCUT2D eigenvalue weighted by atomic mass is 9.84. The van der Waals surface area contributed by atoms with E-state index in [-0.39, 0.29) is 11.8 Å². The average molecular weight is 828 g/mol. The maximum absolute atomic E-state index is 12.7. The highest BCUT2D eigenvalue weighted by molar-refractivity contribution is 5.84. The lowest BCUT2D eigenvalue weighted by molar-refractivity contribution is -0.138. The van der Waals surface area contributed by atoms with Crippen LogP contribution in [0, 0.1) is 29.6 Å². The topological polar surface area (TPSA) is 73.9 Å². The largest absolute Gasteiger partial charge is 0.343 e. The van der Waals surface area contributed by atoms with Crippen molar-refractivity contribution in [2.24, 2.45) is 29.6 Å². The third kappa shape index (κ3) is 17.5.